The minimum absolute atomic E-state index is 0.0762. The van der Waals surface area contributed by atoms with Crippen LogP contribution in [0.2, 0.25) is 5.02 Å². The highest BCUT2D eigenvalue weighted by molar-refractivity contribution is 9.10. The smallest absolute Gasteiger partial charge is 0.238 e. The van der Waals surface area contributed by atoms with Crippen molar-refractivity contribution >= 4 is 49.0 Å². The van der Waals surface area contributed by atoms with E-state index in [1.807, 2.05) is 4.90 Å². The molecule has 0 bridgehead atoms. The van der Waals surface area contributed by atoms with Gasteiger partial charge in [-0.3, -0.25) is 9.69 Å². The fraction of sp³-hybridized carbons (Fsp3) is 0.562. The standard InChI is InChI=1S/C16H22BrClN2O3S/c1-2-3-7-20(13-6-8-24(22,23)11-13)10-16(21)19-15-5-4-12(17)9-14(15)18/h4-5,9,13H,2-3,6-8,10-11H2,1H3,(H,19,21). The maximum Gasteiger partial charge on any atom is 0.238 e. The van der Waals surface area contributed by atoms with Gasteiger partial charge in [0.2, 0.25) is 5.91 Å². The molecule has 0 spiro atoms. The van der Waals surface area contributed by atoms with Gasteiger partial charge in [-0.05, 0) is 37.6 Å². The molecule has 1 fully saturated rings. The molecular formula is C16H22BrClN2O3S. The number of unbranched alkanes of at least 4 members (excludes halogenated alkanes) is 1. The highest BCUT2D eigenvalue weighted by Crippen LogP contribution is 2.26. The maximum absolute atomic E-state index is 12.4. The number of hydrogen-bond acceptors (Lipinski definition) is 4. The second-order valence-electron chi connectivity index (χ2n) is 6.05. The van der Waals surface area contributed by atoms with Gasteiger partial charge >= 0.3 is 0 Å². The largest absolute Gasteiger partial charge is 0.324 e. The van der Waals surface area contributed by atoms with Crippen LogP contribution in [0.5, 0.6) is 0 Å². The van der Waals surface area contributed by atoms with Crippen molar-refractivity contribution < 1.29 is 13.2 Å². The minimum Gasteiger partial charge on any atom is -0.324 e. The van der Waals surface area contributed by atoms with Crippen molar-refractivity contribution in [2.45, 2.75) is 32.2 Å². The number of hydrogen-bond donors (Lipinski definition) is 1. The van der Waals surface area contributed by atoms with Crippen molar-refractivity contribution in [3.63, 3.8) is 0 Å². The monoisotopic (exact) mass is 436 g/mol. The molecule has 134 valence electrons. The van der Waals surface area contributed by atoms with Crippen LogP contribution in [0.4, 0.5) is 5.69 Å². The van der Waals surface area contributed by atoms with Crippen LogP contribution in [0.15, 0.2) is 22.7 Å². The molecule has 1 aliphatic heterocycles. The summed E-state index contributed by atoms with van der Waals surface area (Å²) in [5.41, 5.74) is 0.555. The Morgan fingerprint density at radius 3 is 2.79 bits per heavy atom. The van der Waals surface area contributed by atoms with Gasteiger partial charge in [-0.2, -0.15) is 0 Å². The van der Waals surface area contributed by atoms with E-state index in [0.717, 1.165) is 23.9 Å². The Kier molecular flexibility index (Phi) is 7.10. The van der Waals surface area contributed by atoms with Gasteiger partial charge in [0.15, 0.2) is 9.84 Å². The van der Waals surface area contributed by atoms with Gasteiger partial charge in [0, 0.05) is 10.5 Å². The van der Waals surface area contributed by atoms with Crippen LogP contribution in [-0.4, -0.2) is 49.9 Å². The Hall–Kier alpha value is -0.630. The average Bonchev–Trinajstić information content (AvgIpc) is 2.86. The summed E-state index contributed by atoms with van der Waals surface area (Å²) in [4.78, 5) is 14.4. The van der Waals surface area contributed by atoms with Crippen LogP contribution in [0.25, 0.3) is 0 Å². The first-order chi connectivity index (χ1) is 11.3. The zero-order chi connectivity index (χ0) is 17.7. The molecule has 0 radical (unpaired) electrons. The Bertz CT molecular complexity index is 697. The van der Waals surface area contributed by atoms with Gasteiger partial charge in [0.25, 0.3) is 0 Å². The lowest BCUT2D eigenvalue weighted by molar-refractivity contribution is -0.117. The average molecular weight is 438 g/mol. The molecule has 1 amide bonds. The first kappa shape index (κ1) is 19.7. The van der Waals surface area contributed by atoms with E-state index in [2.05, 4.69) is 28.2 Å². The van der Waals surface area contributed by atoms with Crippen LogP contribution in [0, 0.1) is 0 Å². The Balaban J connectivity index is 2.01. The number of nitrogens with zero attached hydrogens (tertiary/aromatic N) is 1. The number of amides is 1. The molecule has 1 atom stereocenters. The van der Waals surface area contributed by atoms with Gasteiger partial charge < -0.3 is 5.32 Å². The summed E-state index contributed by atoms with van der Waals surface area (Å²) >= 11 is 9.44. The summed E-state index contributed by atoms with van der Waals surface area (Å²) in [6.45, 7) is 2.97. The number of sulfone groups is 1. The van der Waals surface area contributed by atoms with E-state index in [4.69, 9.17) is 11.6 Å². The Morgan fingerprint density at radius 1 is 1.46 bits per heavy atom. The van der Waals surface area contributed by atoms with E-state index in [1.165, 1.54) is 0 Å². The predicted octanol–water partition coefficient (Wildman–Crippen LogP) is 3.33. The first-order valence-corrected chi connectivity index (χ1v) is 11.0. The van der Waals surface area contributed by atoms with Crippen molar-refractivity contribution in [1.29, 1.82) is 0 Å². The highest BCUT2D eigenvalue weighted by Gasteiger charge is 2.32. The molecular weight excluding hydrogens is 416 g/mol. The molecule has 1 aliphatic rings. The van der Waals surface area contributed by atoms with Crippen LogP contribution in [0.3, 0.4) is 0 Å². The van der Waals surface area contributed by atoms with Gasteiger partial charge in [0.05, 0.1) is 28.8 Å². The van der Waals surface area contributed by atoms with Crippen molar-refractivity contribution in [2.24, 2.45) is 0 Å². The van der Waals surface area contributed by atoms with E-state index >= 15 is 0 Å². The quantitative estimate of drug-likeness (QED) is 0.710. The summed E-state index contributed by atoms with van der Waals surface area (Å²) in [5.74, 6) is 0.170. The van der Waals surface area contributed by atoms with E-state index in [9.17, 15) is 13.2 Å². The summed E-state index contributed by atoms with van der Waals surface area (Å²) in [7, 11) is -2.97. The van der Waals surface area contributed by atoms with Gasteiger partial charge in [-0.25, -0.2) is 8.42 Å². The van der Waals surface area contributed by atoms with Gasteiger partial charge in [-0.15, -0.1) is 0 Å². The molecule has 1 unspecified atom stereocenters. The molecule has 24 heavy (non-hydrogen) atoms. The van der Waals surface area contributed by atoms with Crippen molar-refractivity contribution in [3.05, 3.63) is 27.7 Å². The predicted molar refractivity (Wildman–Crippen MR) is 101 cm³/mol. The summed E-state index contributed by atoms with van der Waals surface area (Å²) in [6, 6.07) is 5.18. The molecule has 1 aromatic carbocycles. The number of halogens is 2. The summed E-state index contributed by atoms with van der Waals surface area (Å²) < 4.78 is 24.3. The summed E-state index contributed by atoms with van der Waals surface area (Å²) in [5, 5.41) is 3.27. The van der Waals surface area contributed by atoms with E-state index < -0.39 is 9.84 Å². The van der Waals surface area contributed by atoms with Crippen molar-refractivity contribution in [1.82, 2.24) is 4.90 Å². The van der Waals surface area contributed by atoms with E-state index in [0.29, 0.717) is 17.1 Å². The molecule has 2 rings (SSSR count). The maximum atomic E-state index is 12.4. The molecule has 0 saturated carbocycles. The first-order valence-electron chi connectivity index (χ1n) is 8.00. The third-order valence-corrected chi connectivity index (χ3v) is 6.63. The number of nitrogens with one attached hydrogen (secondary N) is 1. The fourth-order valence-corrected chi connectivity index (χ4v) is 5.26. The zero-order valence-electron chi connectivity index (χ0n) is 13.6. The molecule has 0 aromatic heterocycles. The van der Waals surface area contributed by atoms with Crippen LogP contribution in [0.1, 0.15) is 26.2 Å². The normalized spacial score (nSPS) is 19.6. The molecule has 1 N–H and O–H groups in total. The lowest BCUT2D eigenvalue weighted by atomic mass is 10.2. The lowest BCUT2D eigenvalue weighted by Gasteiger charge is -2.27. The number of anilines is 1. The highest BCUT2D eigenvalue weighted by atomic mass is 79.9. The SMILES string of the molecule is CCCCN(CC(=O)Nc1ccc(Br)cc1Cl)C1CCS(=O)(=O)C1. The third kappa shape index (κ3) is 5.72. The Labute approximate surface area is 156 Å². The molecule has 1 aromatic rings. The number of carbonyl (C=O) groups excluding carboxylic acids is 1. The number of carbonyl (C=O) groups is 1. The summed E-state index contributed by atoms with van der Waals surface area (Å²) in [6.07, 6.45) is 2.53. The van der Waals surface area contributed by atoms with Crippen molar-refractivity contribution in [2.75, 3.05) is 29.9 Å². The topological polar surface area (TPSA) is 66.5 Å². The molecule has 1 heterocycles. The molecule has 1 saturated heterocycles. The number of rotatable bonds is 7. The van der Waals surface area contributed by atoms with Gasteiger partial charge in [-0.1, -0.05) is 40.9 Å². The van der Waals surface area contributed by atoms with Crippen LogP contribution in [-0.2, 0) is 14.6 Å². The molecule has 0 aliphatic carbocycles. The van der Waals surface area contributed by atoms with Crippen LogP contribution < -0.4 is 5.32 Å². The van der Waals surface area contributed by atoms with E-state index in [-0.39, 0.29) is 30.0 Å². The molecule has 5 nitrogen and oxygen atoms in total. The zero-order valence-corrected chi connectivity index (χ0v) is 16.8. The Morgan fingerprint density at radius 2 is 2.21 bits per heavy atom. The number of benzene rings is 1. The van der Waals surface area contributed by atoms with Crippen LogP contribution >= 0.6 is 27.5 Å². The molecule has 8 heteroatoms. The van der Waals surface area contributed by atoms with Crippen molar-refractivity contribution in [3.8, 4) is 0 Å². The lowest BCUT2D eigenvalue weighted by Crippen LogP contribution is -2.42. The van der Waals surface area contributed by atoms with E-state index in [1.54, 1.807) is 18.2 Å². The fourth-order valence-electron chi connectivity index (χ4n) is 2.78. The second-order valence-corrected chi connectivity index (χ2v) is 9.60. The third-order valence-electron chi connectivity index (χ3n) is 4.08. The second kappa shape index (κ2) is 8.65. The van der Waals surface area contributed by atoms with Gasteiger partial charge in [0.1, 0.15) is 0 Å². The minimum atomic E-state index is -2.97.